The van der Waals surface area contributed by atoms with Crippen LogP contribution in [0.25, 0.3) is 0 Å². The second kappa shape index (κ2) is 7.19. The lowest BCUT2D eigenvalue weighted by molar-refractivity contribution is 0.585. The second-order valence-corrected chi connectivity index (χ2v) is 7.65. The van der Waals surface area contributed by atoms with Gasteiger partial charge in [0.1, 0.15) is 5.82 Å². The van der Waals surface area contributed by atoms with E-state index in [2.05, 4.69) is 19.9 Å². The van der Waals surface area contributed by atoms with Gasteiger partial charge >= 0.3 is 0 Å². The fourth-order valence-corrected chi connectivity index (χ4v) is 4.01. The first kappa shape index (κ1) is 16.7. The standard InChI is InChI=1S/C17H22N4O2S/c1-14-4-2-3-5-15(14)13-24(22,23)20-16-6-7-17(19-12-16)21-10-8-18-9-11-21/h2-7,12,18,20H,8-11,13H2,1H3. The molecule has 3 rings (SSSR count). The molecular weight excluding hydrogens is 324 g/mol. The van der Waals surface area contributed by atoms with Crippen molar-refractivity contribution in [2.24, 2.45) is 0 Å². The van der Waals surface area contributed by atoms with E-state index < -0.39 is 10.0 Å². The van der Waals surface area contributed by atoms with Crippen molar-refractivity contribution in [3.8, 4) is 0 Å². The van der Waals surface area contributed by atoms with Crippen molar-refractivity contribution in [3.05, 3.63) is 53.7 Å². The van der Waals surface area contributed by atoms with Crippen LogP contribution in [0.1, 0.15) is 11.1 Å². The highest BCUT2D eigenvalue weighted by Gasteiger charge is 2.15. The highest BCUT2D eigenvalue weighted by molar-refractivity contribution is 7.91. The maximum Gasteiger partial charge on any atom is 0.236 e. The van der Waals surface area contributed by atoms with Crippen molar-refractivity contribution in [1.82, 2.24) is 10.3 Å². The number of anilines is 2. The zero-order chi connectivity index (χ0) is 17.0. The number of hydrogen-bond donors (Lipinski definition) is 2. The molecule has 24 heavy (non-hydrogen) atoms. The van der Waals surface area contributed by atoms with Gasteiger partial charge in [-0.25, -0.2) is 13.4 Å². The van der Waals surface area contributed by atoms with Crippen LogP contribution in [0.3, 0.4) is 0 Å². The minimum absolute atomic E-state index is 0.0424. The molecule has 0 aliphatic carbocycles. The summed E-state index contributed by atoms with van der Waals surface area (Å²) in [5, 5.41) is 3.29. The Morgan fingerprint density at radius 1 is 1.17 bits per heavy atom. The Balaban J connectivity index is 1.67. The summed E-state index contributed by atoms with van der Waals surface area (Å²) in [5.74, 6) is 0.831. The maximum atomic E-state index is 12.4. The van der Waals surface area contributed by atoms with Crippen molar-refractivity contribution in [2.75, 3.05) is 35.8 Å². The Morgan fingerprint density at radius 2 is 1.92 bits per heavy atom. The van der Waals surface area contributed by atoms with E-state index in [1.807, 2.05) is 37.3 Å². The van der Waals surface area contributed by atoms with Crippen molar-refractivity contribution in [1.29, 1.82) is 0 Å². The van der Waals surface area contributed by atoms with Crippen LogP contribution in [-0.2, 0) is 15.8 Å². The van der Waals surface area contributed by atoms with Crippen molar-refractivity contribution in [2.45, 2.75) is 12.7 Å². The Hall–Kier alpha value is -2.12. The summed E-state index contributed by atoms with van der Waals surface area (Å²) in [6.07, 6.45) is 1.58. The topological polar surface area (TPSA) is 74.3 Å². The summed E-state index contributed by atoms with van der Waals surface area (Å²) < 4.78 is 27.3. The van der Waals surface area contributed by atoms with Crippen LogP contribution in [0.15, 0.2) is 42.6 Å². The van der Waals surface area contributed by atoms with Crippen LogP contribution < -0.4 is 14.9 Å². The number of pyridine rings is 1. The minimum atomic E-state index is -3.46. The molecule has 0 atom stereocenters. The number of aromatic nitrogens is 1. The molecule has 1 saturated heterocycles. The van der Waals surface area contributed by atoms with Gasteiger partial charge in [0.2, 0.25) is 10.0 Å². The summed E-state index contributed by atoms with van der Waals surface area (Å²) in [6.45, 7) is 5.60. The Kier molecular flexibility index (Phi) is 5.01. The van der Waals surface area contributed by atoms with Gasteiger partial charge < -0.3 is 10.2 Å². The molecule has 1 fully saturated rings. The summed E-state index contributed by atoms with van der Waals surface area (Å²) in [6, 6.07) is 11.1. The molecule has 1 aromatic heterocycles. The van der Waals surface area contributed by atoms with Crippen LogP contribution >= 0.6 is 0 Å². The van der Waals surface area contributed by atoms with Gasteiger partial charge in [0.25, 0.3) is 0 Å². The molecule has 0 radical (unpaired) electrons. The predicted molar refractivity (Wildman–Crippen MR) is 96.7 cm³/mol. The molecule has 7 heteroatoms. The lowest BCUT2D eigenvalue weighted by Crippen LogP contribution is -2.43. The molecule has 0 bridgehead atoms. The van der Waals surface area contributed by atoms with Gasteiger partial charge in [-0.2, -0.15) is 0 Å². The SMILES string of the molecule is Cc1ccccc1CS(=O)(=O)Nc1ccc(N2CCNCC2)nc1. The van der Waals surface area contributed by atoms with Crippen molar-refractivity contribution < 1.29 is 8.42 Å². The van der Waals surface area contributed by atoms with Gasteiger partial charge in [-0.15, -0.1) is 0 Å². The average molecular weight is 346 g/mol. The third-order valence-electron chi connectivity index (χ3n) is 4.07. The van der Waals surface area contributed by atoms with Crippen LogP contribution in [0, 0.1) is 6.92 Å². The van der Waals surface area contributed by atoms with E-state index in [9.17, 15) is 8.42 Å². The van der Waals surface area contributed by atoms with E-state index in [0.29, 0.717) is 5.69 Å². The van der Waals surface area contributed by atoms with Crippen LogP contribution in [0.2, 0.25) is 0 Å². The number of rotatable bonds is 5. The molecule has 0 amide bonds. The lowest BCUT2D eigenvalue weighted by atomic mass is 10.1. The van der Waals surface area contributed by atoms with Crippen LogP contribution in [0.5, 0.6) is 0 Å². The van der Waals surface area contributed by atoms with Crippen molar-refractivity contribution in [3.63, 3.8) is 0 Å². The summed E-state index contributed by atoms with van der Waals surface area (Å²) in [7, 11) is -3.46. The molecule has 2 aromatic rings. The fourth-order valence-electron chi connectivity index (χ4n) is 2.72. The number of nitrogens with one attached hydrogen (secondary N) is 2. The maximum absolute atomic E-state index is 12.4. The molecule has 1 aromatic carbocycles. The molecule has 2 N–H and O–H groups in total. The largest absolute Gasteiger partial charge is 0.354 e. The molecule has 0 unspecified atom stereocenters. The van der Waals surface area contributed by atoms with Gasteiger partial charge in [-0.1, -0.05) is 24.3 Å². The first-order valence-corrected chi connectivity index (χ1v) is 9.65. The number of sulfonamides is 1. The zero-order valence-electron chi connectivity index (χ0n) is 13.7. The predicted octanol–water partition coefficient (Wildman–Crippen LogP) is 1.74. The van der Waals surface area contributed by atoms with Gasteiger partial charge in [0, 0.05) is 26.2 Å². The van der Waals surface area contributed by atoms with E-state index in [1.165, 1.54) is 0 Å². The van der Waals surface area contributed by atoms with E-state index in [-0.39, 0.29) is 5.75 Å². The van der Waals surface area contributed by atoms with Gasteiger partial charge in [0.15, 0.2) is 0 Å². The third-order valence-corrected chi connectivity index (χ3v) is 5.31. The minimum Gasteiger partial charge on any atom is -0.354 e. The van der Waals surface area contributed by atoms with Gasteiger partial charge in [0.05, 0.1) is 17.6 Å². The van der Waals surface area contributed by atoms with Crippen LogP contribution in [-0.4, -0.2) is 39.6 Å². The number of aryl methyl sites for hydroxylation is 1. The van der Waals surface area contributed by atoms with Crippen LogP contribution in [0.4, 0.5) is 11.5 Å². The normalized spacial score (nSPS) is 15.3. The molecule has 1 aliphatic heterocycles. The Morgan fingerprint density at radius 3 is 2.58 bits per heavy atom. The van der Waals surface area contributed by atoms with E-state index in [1.54, 1.807) is 12.3 Å². The number of benzene rings is 1. The summed E-state index contributed by atoms with van der Waals surface area (Å²) >= 11 is 0. The molecule has 1 aliphatic rings. The number of hydrogen-bond acceptors (Lipinski definition) is 5. The van der Waals surface area contributed by atoms with E-state index in [0.717, 1.165) is 43.1 Å². The Bertz CT molecular complexity index is 784. The lowest BCUT2D eigenvalue weighted by Gasteiger charge is -2.28. The van der Waals surface area contributed by atoms with Gasteiger partial charge in [-0.3, -0.25) is 4.72 Å². The smallest absolute Gasteiger partial charge is 0.236 e. The number of nitrogens with zero attached hydrogens (tertiary/aromatic N) is 2. The monoisotopic (exact) mass is 346 g/mol. The third kappa shape index (κ3) is 4.24. The van der Waals surface area contributed by atoms with E-state index >= 15 is 0 Å². The summed E-state index contributed by atoms with van der Waals surface area (Å²) in [5.41, 5.74) is 2.26. The van der Waals surface area contributed by atoms with E-state index in [4.69, 9.17) is 0 Å². The summed E-state index contributed by atoms with van der Waals surface area (Å²) in [4.78, 5) is 6.56. The molecular formula is C17H22N4O2S. The highest BCUT2D eigenvalue weighted by atomic mass is 32.2. The van der Waals surface area contributed by atoms with Gasteiger partial charge in [-0.05, 0) is 30.2 Å². The first-order chi connectivity index (χ1) is 11.5. The molecule has 6 nitrogen and oxygen atoms in total. The molecule has 128 valence electrons. The van der Waals surface area contributed by atoms with Crippen molar-refractivity contribution >= 4 is 21.5 Å². The Labute approximate surface area is 143 Å². The quantitative estimate of drug-likeness (QED) is 0.863. The highest BCUT2D eigenvalue weighted by Crippen LogP contribution is 2.18. The fraction of sp³-hybridized carbons (Fsp3) is 0.353. The zero-order valence-corrected chi connectivity index (χ0v) is 14.5. The molecule has 0 saturated carbocycles. The molecule has 0 spiro atoms. The second-order valence-electron chi connectivity index (χ2n) is 5.93. The average Bonchev–Trinajstić information content (AvgIpc) is 2.58. The molecule has 2 heterocycles. The number of piperazine rings is 1. The first-order valence-electron chi connectivity index (χ1n) is 8.00.